The molecule has 3 N–H and O–H groups in total. The third kappa shape index (κ3) is 4.51. The minimum Gasteiger partial charge on any atom is -0.322 e. The molecule has 0 aliphatic rings. The molecule has 0 bridgehead atoms. The van der Waals surface area contributed by atoms with E-state index in [1.165, 1.54) is 18.2 Å². The topological polar surface area (TPSA) is 72.2 Å². The molecule has 0 heterocycles. The van der Waals surface area contributed by atoms with Gasteiger partial charge in [-0.25, -0.2) is 13.1 Å². The van der Waals surface area contributed by atoms with E-state index in [1.807, 2.05) is 60.7 Å². The summed E-state index contributed by atoms with van der Waals surface area (Å²) >= 11 is 12.1. The average Bonchev–Trinajstić information content (AvgIpc) is 2.69. The molecule has 3 rings (SSSR count). The van der Waals surface area contributed by atoms with E-state index >= 15 is 0 Å². The van der Waals surface area contributed by atoms with Gasteiger partial charge in [-0.3, -0.25) is 0 Å². The third-order valence-electron chi connectivity index (χ3n) is 4.19. The predicted octanol–water partition coefficient (Wildman–Crippen LogP) is 4.71. The van der Waals surface area contributed by atoms with Gasteiger partial charge in [-0.05, 0) is 23.3 Å². The molecule has 4 nitrogen and oxygen atoms in total. The third-order valence-corrected chi connectivity index (χ3v) is 6.60. The number of rotatable bonds is 6. The first-order valence-corrected chi connectivity index (χ1v) is 10.5. The average molecular weight is 421 g/mol. The molecule has 0 fully saturated rings. The lowest BCUT2D eigenvalue weighted by atomic mass is 9.95. The van der Waals surface area contributed by atoms with Crippen LogP contribution in [0, 0.1) is 0 Å². The van der Waals surface area contributed by atoms with Crippen LogP contribution in [0.1, 0.15) is 23.2 Å². The van der Waals surface area contributed by atoms with Crippen LogP contribution in [0.5, 0.6) is 0 Å². The maximum absolute atomic E-state index is 13.0. The molecule has 0 aliphatic carbocycles. The molecule has 2 atom stereocenters. The van der Waals surface area contributed by atoms with Crippen LogP contribution in [-0.4, -0.2) is 8.42 Å². The van der Waals surface area contributed by atoms with Crippen molar-refractivity contribution in [3.05, 3.63) is 100 Å². The van der Waals surface area contributed by atoms with Crippen molar-refractivity contribution < 1.29 is 8.42 Å². The maximum Gasteiger partial charge on any atom is 0.242 e. The Balaban J connectivity index is 2.02. The molecule has 0 amide bonds. The fourth-order valence-corrected chi connectivity index (χ4v) is 4.81. The van der Waals surface area contributed by atoms with Gasteiger partial charge in [0.05, 0.1) is 22.1 Å². The van der Waals surface area contributed by atoms with E-state index in [4.69, 9.17) is 28.9 Å². The Labute approximate surface area is 169 Å². The Morgan fingerprint density at radius 3 is 1.93 bits per heavy atom. The molecule has 7 heteroatoms. The van der Waals surface area contributed by atoms with Crippen molar-refractivity contribution in [3.63, 3.8) is 0 Å². The molecular weight excluding hydrogens is 403 g/mol. The van der Waals surface area contributed by atoms with Crippen molar-refractivity contribution >= 4 is 33.2 Å². The predicted molar refractivity (Wildman–Crippen MR) is 109 cm³/mol. The first-order valence-electron chi connectivity index (χ1n) is 8.22. The Kier molecular flexibility index (Phi) is 6.19. The van der Waals surface area contributed by atoms with Crippen LogP contribution < -0.4 is 10.5 Å². The lowest BCUT2D eigenvalue weighted by Gasteiger charge is -2.26. The fourth-order valence-electron chi connectivity index (χ4n) is 2.80. The molecule has 0 saturated heterocycles. The molecule has 2 unspecified atom stereocenters. The van der Waals surface area contributed by atoms with Gasteiger partial charge >= 0.3 is 0 Å². The molecule has 0 spiro atoms. The SMILES string of the molecule is NC(c1ccccc1)C(NS(=O)(=O)c1cccc(Cl)c1Cl)c1ccccc1. The summed E-state index contributed by atoms with van der Waals surface area (Å²) in [5, 5.41) is 0.148. The van der Waals surface area contributed by atoms with Crippen LogP contribution in [0.25, 0.3) is 0 Å². The highest BCUT2D eigenvalue weighted by molar-refractivity contribution is 7.89. The summed E-state index contributed by atoms with van der Waals surface area (Å²) in [7, 11) is -3.96. The summed E-state index contributed by atoms with van der Waals surface area (Å²) in [4.78, 5) is -0.0853. The summed E-state index contributed by atoms with van der Waals surface area (Å²) in [5.41, 5.74) is 8.00. The highest BCUT2D eigenvalue weighted by atomic mass is 35.5. The molecule has 3 aromatic rings. The Morgan fingerprint density at radius 2 is 1.33 bits per heavy atom. The first-order chi connectivity index (χ1) is 12.9. The van der Waals surface area contributed by atoms with Gasteiger partial charge in [0.25, 0.3) is 0 Å². The zero-order chi connectivity index (χ0) is 19.4. The second-order valence-corrected chi connectivity index (χ2v) is 8.47. The van der Waals surface area contributed by atoms with Crippen molar-refractivity contribution in [2.45, 2.75) is 17.0 Å². The molecule has 0 radical (unpaired) electrons. The van der Waals surface area contributed by atoms with Gasteiger partial charge in [0.15, 0.2) is 0 Å². The maximum atomic E-state index is 13.0. The smallest absolute Gasteiger partial charge is 0.242 e. The Morgan fingerprint density at radius 1 is 0.778 bits per heavy atom. The van der Waals surface area contributed by atoms with Crippen molar-refractivity contribution in [1.82, 2.24) is 4.72 Å². The number of sulfonamides is 1. The largest absolute Gasteiger partial charge is 0.322 e. The minimum absolute atomic E-state index is 0.0215. The normalized spacial score (nSPS) is 13.9. The van der Waals surface area contributed by atoms with Crippen molar-refractivity contribution in [3.8, 4) is 0 Å². The van der Waals surface area contributed by atoms with Gasteiger partial charge in [-0.15, -0.1) is 0 Å². The number of benzene rings is 3. The number of halogens is 2. The molecule has 0 saturated carbocycles. The fraction of sp³-hybridized carbons (Fsp3) is 0.100. The van der Waals surface area contributed by atoms with Crippen molar-refractivity contribution in [2.75, 3.05) is 0 Å². The zero-order valence-electron chi connectivity index (χ0n) is 14.2. The Hall–Kier alpha value is -1.89. The van der Waals surface area contributed by atoms with Gasteiger partial charge < -0.3 is 5.73 Å². The van der Waals surface area contributed by atoms with E-state index in [0.29, 0.717) is 0 Å². The lowest BCUT2D eigenvalue weighted by molar-refractivity contribution is 0.504. The number of hydrogen-bond acceptors (Lipinski definition) is 3. The summed E-state index contributed by atoms with van der Waals surface area (Å²) in [6.07, 6.45) is 0. The minimum atomic E-state index is -3.96. The highest BCUT2D eigenvalue weighted by Crippen LogP contribution is 2.32. The summed E-state index contributed by atoms with van der Waals surface area (Å²) in [6.45, 7) is 0. The van der Waals surface area contributed by atoms with E-state index in [9.17, 15) is 8.42 Å². The number of nitrogens with two attached hydrogens (primary N) is 1. The van der Waals surface area contributed by atoms with Gasteiger partial charge in [0.1, 0.15) is 4.90 Å². The Bertz CT molecular complexity index is 1010. The standard InChI is InChI=1S/C20H18Cl2N2O2S/c21-16-12-7-13-17(18(16)22)27(25,26)24-20(15-10-5-2-6-11-15)19(23)14-8-3-1-4-9-14/h1-13,19-20,24H,23H2. The van der Waals surface area contributed by atoms with Gasteiger partial charge in [-0.2, -0.15) is 0 Å². The number of nitrogens with one attached hydrogen (secondary N) is 1. The van der Waals surface area contributed by atoms with Crippen LogP contribution in [0.4, 0.5) is 0 Å². The van der Waals surface area contributed by atoms with Crippen LogP contribution in [0.15, 0.2) is 83.8 Å². The van der Waals surface area contributed by atoms with E-state index in [0.717, 1.165) is 11.1 Å². The zero-order valence-corrected chi connectivity index (χ0v) is 16.5. The summed E-state index contributed by atoms with van der Waals surface area (Å²) in [6, 6.07) is 21.7. The van der Waals surface area contributed by atoms with E-state index in [1.54, 1.807) is 0 Å². The second-order valence-electron chi connectivity index (χ2n) is 6.00. The van der Waals surface area contributed by atoms with Crippen molar-refractivity contribution in [1.29, 1.82) is 0 Å². The van der Waals surface area contributed by atoms with E-state index in [2.05, 4.69) is 4.72 Å². The van der Waals surface area contributed by atoms with Crippen LogP contribution >= 0.6 is 23.2 Å². The van der Waals surface area contributed by atoms with Gasteiger partial charge in [0.2, 0.25) is 10.0 Å². The highest BCUT2D eigenvalue weighted by Gasteiger charge is 2.29. The molecule has 27 heavy (non-hydrogen) atoms. The molecule has 3 aromatic carbocycles. The lowest BCUT2D eigenvalue weighted by Crippen LogP contribution is -2.36. The molecule has 0 aromatic heterocycles. The molecular formula is C20H18Cl2N2O2S. The van der Waals surface area contributed by atoms with Gasteiger partial charge in [-0.1, -0.05) is 89.9 Å². The van der Waals surface area contributed by atoms with Crippen LogP contribution in [0.2, 0.25) is 10.0 Å². The second kappa shape index (κ2) is 8.42. The monoisotopic (exact) mass is 420 g/mol. The van der Waals surface area contributed by atoms with Crippen molar-refractivity contribution in [2.24, 2.45) is 5.73 Å². The summed E-state index contributed by atoms with van der Waals surface area (Å²) in [5.74, 6) is 0. The molecule has 0 aliphatic heterocycles. The van der Waals surface area contributed by atoms with E-state index < -0.39 is 22.1 Å². The van der Waals surface area contributed by atoms with Crippen LogP contribution in [-0.2, 0) is 10.0 Å². The molecule has 140 valence electrons. The summed E-state index contributed by atoms with van der Waals surface area (Å²) < 4.78 is 28.7. The number of hydrogen-bond donors (Lipinski definition) is 2. The quantitative estimate of drug-likeness (QED) is 0.605. The van der Waals surface area contributed by atoms with E-state index in [-0.39, 0.29) is 14.9 Å². The van der Waals surface area contributed by atoms with Crippen LogP contribution in [0.3, 0.4) is 0 Å². The van der Waals surface area contributed by atoms with Gasteiger partial charge in [0, 0.05) is 0 Å². The first kappa shape index (κ1) is 19.9.